The van der Waals surface area contributed by atoms with Gasteiger partial charge in [0.15, 0.2) is 0 Å². The number of fused-ring (bicyclic) bond motifs is 1. The molecule has 3 rings (SSSR count). The zero-order valence-electron chi connectivity index (χ0n) is 15.2. The van der Waals surface area contributed by atoms with Crippen LogP contribution in [0.1, 0.15) is 23.0 Å². The van der Waals surface area contributed by atoms with Crippen molar-refractivity contribution in [1.29, 1.82) is 0 Å². The maximum absolute atomic E-state index is 13.5. The monoisotopic (exact) mass is 354 g/mol. The quantitative estimate of drug-likeness (QED) is 0.715. The first kappa shape index (κ1) is 18.1. The molecule has 6 heteroatoms. The molecule has 0 aliphatic rings. The van der Waals surface area contributed by atoms with Crippen LogP contribution in [0.2, 0.25) is 0 Å². The van der Waals surface area contributed by atoms with Crippen LogP contribution in [0.15, 0.2) is 42.5 Å². The van der Waals surface area contributed by atoms with E-state index in [1.807, 2.05) is 19.1 Å². The third-order valence-electron chi connectivity index (χ3n) is 4.28. The van der Waals surface area contributed by atoms with Gasteiger partial charge in [0.25, 0.3) is 0 Å². The number of aromatic amines is 1. The molecule has 1 atom stereocenters. The fourth-order valence-corrected chi connectivity index (χ4v) is 3.06. The van der Waals surface area contributed by atoms with Crippen LogP contribution in [0.5, 0.6) is 0 Å². The molecule has 0 unspecified atom stereocenters. The zero-order chi connectivity index (χ0) is 18.7. The van der Waals surface area contributed by atoms with Gasteiger partial charge in [-0.15, -0.1) is 0 Å². The zero-order valence-corrected chi connectivity index (χ0v) is 15.2. The Kier molecular flexibility index (Phi) is 5.32. The fraction of sp³-hybridized carbons (Fsp3) is 0.300. The van der Waals surface area contributed by atoms with Gasteiger partial charge in [-0.1, -0.05) is 18.2 Å². The summed E-state index contributed by atoms with van der Waals surface area (Å²) in [4.78, 5) is 22.2. The predicted octanol–water partition coefficient (Wildman–Crippen LogP) is 2.97. The van der Waals surface area contributed by atoms with Gasteiger partial charge in [-0.05, 0) is 56.4 Å². The van der Waals surface area contributed by atoms with Crippen LogP contribution >= 0.6 is 0 Å². The first-order valence-electron chi connectivity index (χ1n) is 8.59. The maximum Gasteiger partial charge on any atom is 0.241 e. The SMILES string of the molecule is Cc1ccc2nc(CCNC(=O)[C@H](c3cccc(F)c3)N(C)C)[nH]c2c1. The normalized spacial score (nSPS) is 12.5. The van der Waals surface area contributed by atoms with Crippen molar-refractivity contribution in [3.8, 4) is 0 Å². The fourth-order valence-electron chi connectivity index (χ4n) is 3.06. The Bertz CT molecular complexity index is 919. The topological polar surface area (TPSA) is 61.0 Å². The largest absolute Gasteiger partial charge is 0.354 e. The molecule has 0 radical (unpaired) electrons. The van der Waals surface area contributed by atoms with E-state index in [-0.39, 0.29) is 11.7 Å². The molecule has 2 aromatic carbocycles. The number of hydrogen-bond donors (Lipinski definition) is 2. The molecule has 1 aromatic heterocycles. The molecule has 136 valence electrons. The summed E-state index contributed by atoms with van der Waals surface area (Å²) in [7, 11) is 3.60. The highest BCUT2D eigenvalue weighted by molar-refractivity contribution is 5.83. The minimum absolute atomic E-state index is 0.160. The summed E-state index contributed by atoms with van der Waals surface area (Å²) in [6.07, 6.45) is 0.600. The molecule has 3 aromatic rings. The van der Waals surface area contributed by atoms with Crippen LogP contribution in [-0.2, 0) is 11.2 Å². The summed E-state index contributed by atoms with van der Waals surface area (Å²) in [5.41, 5.74) is 3.72. The number of rotatable bonds is 6. The molecule has 0 saturated heterocycles. The summed E-state index contributed by atoms with van der Waals surface area (Å²) < 4.78 is 13.5. The molecule has 1 heterocycles. The number of imidazole rings is 1. The van der Waals surface area contributed by atoms with Crippen LogP contribution in [-0.4, -0.2) is 41.4 Å². The van der Waals surface area contributed by atoms with Crippen molar-refractivity contribution < 1.29 is 9.18 Å². The Morgan fingerprint density at radius 2 is 2.08 bits per heavy atom. The van der Waals surface area contributed by atoms with Crippen molar-refractivity contribution in [1.82, 2.24) is 20.2 Å². The third kappa shape index (κ3) is 4.08. The number of aromatic nitrogens is 2. The Hall–Kier alpha value is -2.73. The van der Waals surface area contributed by atoms with Gasteiger partial charge in [0.1, 0.15) is 17.7 Å². The number of aryl methyl sites for hydroxylation is 1. The van der Waals surface area contributed by atoms with E-state index in [4.69, 9.17) is 0 Å². The van der Waals surface area contributed by atoms with Gasteiger partial charge < -0.3 is 10.3 Å². The average Bonchev–Trinajstić information content (AvgIpc) is 2.96. The van der Waals surface area contributed by atoms with Gasteiger partial charge in [0, 0.05) is 13.0 Å². The molecule has 0 bridgehead atoms. The van der Waals surface area contributed by atoms with Crippen molar-refractivity contribution in [2.24, 2.45) is 0 Å². The second-order valence-corrected chi connectivity index (χ2v) is 6.67. The summed E-state index contributed by atoms with van der Waals surface area (Å²) in [6.45, 7) is 2.49. The number of likely N-dealkylation sites (N-methyl/N-ethyl adjacent to an activating group) is 1. The molecule has 0 aliphatic carbocycles. The third-order valence-corrected chi connectivity index (χ3v) is 4.28. The van der Waals surface area contributed by atoms with E-state index in [9.17, 15) is 9.18 Å². The van der Waals surface area contributed by atoms with E-state index in [1.54, 1.807) is 31.1 Å². The van der Waals surface area contributed by atoms with Gasteiger partial charge in [-0.3, -0.25) is 9.69 Å². The lowest BCUT2D eigenvalue weighted by molar-refractivity contribution is -0.125. The highest BCUT2D eigenvalue weighted by atomic mass is 19.1. The first-order chi connectivity index (χ1) is 12.4. The molecule has 0 spiro atoms. The lowest BCUT2D eigenvalue weighted by Crippen LogP contribution is -2.38. The number of carbonyl (C=O) groups is 1. The lowest BCUT2D eigenvalue weighted by Gasteiger charge is -2.23. The van der Waals surface area contributed by atoms with Gasteiger partial charge in [-0.25, -0.2) is 9.37 Å². The molecular weight excluding hydrogens is 331 g/mol. The smallest absolute Gasteiger partial charge is 0.241 e. The lowest BCUT2D eigenvalue weighted by atomic mass is 10.1. The van der Waals surface area contributed by atoms with Crippen LogP contribution in [0, 0.1) is 12.7 Å². The second kappa shape index (κ2) is 7.66. The average molecular weight is 354 g/mol. The minimum atomic E-state index is -0.538. The summed E-state index contributed by atoms with van der Waals surface area (Å²) in [5, 5.41) is 2.92. The Morgan fingerprint density at radius 3 is 2.81 bits per heavy atom. The van der Waals surface area contributed by atoms with Crippen LogP contribution in [0.4, 0.5) is 4.39 Å². The Morgan fingerprint density at radius 1 is 1.27 bits per heavy atom. The number of hydrogen-bond acceptors (Lipinski definition) is 3. The van der Waals surface area contributed by atoms with Crippen molar-refractivity contribution in [3.05, 3.63) is 65.2 Å². The molecular formula is C20H23FN4O. The van der Waals surface area contributed by atoms with Gasteiger partial charge in [0.2, 0.25) is 5.91 Å². The minimum Gasteiger partial charge on any atom is -0.354 e. The van der Waals surface area contributed by atoms with Crippen LogP contribution in [0.3, 0.4) is 0 Å². The van der Waals surface area contributed by atoms with Crippen molar-refractivity contribution in [2.45, 2.75) is 19.4 Å². The maximum atomic E-state index is 13.5. The second-order valence-electron chi connectivity index (χ2n) is 6.67. The van der Waals surface area contributed by atoms with E-state index < -0.39 is 6.04 Å². The van der Waals surface area contributed by atoms with Crippen LogP contribution < -0.4 is 5.32 Å². The predicted molar refractivity (Wildman–Crippen MR) is 100 cm³/mol. The van der Waals surface area contributed by atoms with Crippen molar-refractivity contribution in [3.63, 3.8) is 0 Å². The highest BCUT2D eigenvalue weighted by Gasteiger charge is 2.23. The summed E-state index contributed by atoms with van der Waals surface area (Å²) >= 11 is 0. The van der Waals surface area contributed by atoms with E-state index in [2.05, 4.69) is 21.4 Å². The first-order valence-corrected chi connectivity index (χ1v) is 8.59. The van der Waals surface area contributed by atoms with Crippen molar-refractivity contribution >= 4 is 16.9 Å². The molecule has 0 saturated carbocycles. The number of carbonyl (C=O) groups excluding carboxylic acids is 1. The molecule has 0 aliphatic heterocycles. The highest BCUT2D eigenvalue weighted by Crippen LogP contribution is 2.19. The van der Waals surface area contributed by atoms with Crippen molar-refractivity contribution in [2.75, 3.05) is 20.6 Å². The molecule has 0 fully saturated rings. The number of amides is 1. The van der Waals surface area contributed by atoms with Gasteiger partial charge in [-0.2, -0.15) is 0 Å². The summed E-state index contributed by atoms with van der Waals surface area (Å²) in [6, 6.07) is 11.7. The number of halogens is 1. The molecule has 5 nitrogen and oxygen atoms in total. The van der Waals surface area contributed by atoms with E-state index >= 15 is 0 Å². The number of nitrogens with one attached hydrogen (secondary N) is 2. The van der Waals surface area contributed by atoms with Gasteiger partial charge >= 0.3 is 0 Å². The molecule has 1 amide bonds. The van der Waals surface area contributed by atoms with Gasteiger partial charge in [0.05, 0.1) is 11.0 Å². The number of benzene rings is 2. The standard InChI is InChI=1S/C20H23FN4O/c1-13-7-8-16-17(11-13)24-18(23-16)9-10-22-20(26)19(25(2)3)14-5-4-6-15(21)12-14/h4-8,11-12,19H,9-10H2,1-3H3,(H,22,26)(H,23,24)/t19-/m0/s1. The number of H-pyrrole nitrogens is 1. The van der Waals surface area contributed by atoms with E-state index in [0.29, 0.717) is 18.5 Å². The Balaban J connectivity index is 1.64. The number of nitrogens with zero attached hydrogens (tertiary/aromatic N) is 2. The molecule has 2 N–H and O–H groups in total. The van der Waals surface area contributed by atoms with E-state index in [1.165, 1.54) is 17.7 Å². The van der Waals surface area contributed by atoms with E-state index in [0.717, 1.165) is 16.9 Å². The summed E-state index contributed by atoms with van der Waals surface area (Å²) in [5.74, 6) is 0.324. The Labute approximate surface area is 152 Å². The van der Waals surface area contributed by atoms with Crippen LogP contribution in [0.25, 0.3) is 11.0 Å². The molecule has 26 heavy (non-hydrogen) atoms.